The molecule has 0 aliphatic heterocycles. The number of carbonyl (C=O) groups excluding carboxylic acids is 2. The lowest BCUT2D eigenvalue weighted by Gasteiger charge is -2.33. The molecule has 0 radical (unpaired) electrons. The van der Waals surface area contributed by atoms with Crippen LogP contribution in [0.15, 0.2) is 24.3 Å². The molecule has 1 aliphatic carbocycles. The molecule has 0 saturated heterocycles. The Kier molecular flexibility index (Phi) is 5.89. The van der Waals surface area contributed by atoms with Crippen LogP contribution >= 0.6 is 0 Å². The smallest absolute Gasteiger partial charge is 0.416 e. The van der Waals surface area contributed by atoms with Crippen molar-refractivity contribution in [2.45, 2.75) is 43.8 Å². The minimum Gasteiger partial charge on any atom is -0.480 e. The summed E-state index contributed by atoms with van der Waals surface area (Å²) >= 11 is 0. The maximum atomic E-state index is 12.5. The van der Waals surface area contributed by atoms with Crippen LogP contribution in [0.1, 0.15) is 48.0 Å². The average molecular weight is 372 g/mol. The summed E-state index contributed by atoms with van der Waals surface area (Å²) in [4.78, 5) is 35.4. The maximum Gasteiger partial charge on any atom is 0.416 e. The number of hydrogen-bond acceptors (Lipinski definition) is 3. The average Bonchev–Trinajstić information content (AvgIpc) is 2.59. The van der Waals surface area contributed by atoms with E-state index in [2.05, 4.69) is 10.6 Å². The van der Waals surface area contributed by atoms with E-state index in [0.717, 1.165) is 30.7 Å². The Labute approximate surface area is 147 Å². The van der Waals surface area contributed by atoms with Crippen molar-refractivity contribution in [1.82, 2.24) is 10.6 Å². The minimum atomic E-state index is -4.50. The van der Waals surface area contributed by atoms with Crippen LogP contribution in [0.5, 0.6) is 0 Å². The SMILES string of the molecule is O=C(CNC(=O)c1ccc(C(F)(F)F)cc1)NC1(C(=O)O)CCCCC1. The molecular weight excluding hydrogens is 353 g/mol. The van der Waals surface area contributed by atoms with Gasteiger partial charge in [-0.1, -0.05) is 19.3 Å². The fourth-order valence-corrected chi connectivity index (χ4v) is 2.93. The highest BCUT2D eigenvalue weighted by Gasteiger charge is 2.40. The van der Waals surface area contributed by atoms with E-state index < -0.39 is 41.6 Å². The first-order valence-electron chi connectivity index (χ1n) is 8.14. The highest BCUT2D eigenvalue weighted by atomic mass is 19.4. The molecule has 0 atom stereocenters. The number of aliphatic carboxylic acids is 1. The number of carbonyl (C=O) groups is 3. The zero-order valence-electron chi connectivity index (χ0n) is 13.9. The van der Waals surface area contributed by atoms with Gasteiger partial charge in [0.1, 0.15) is 5.54 Å². The van der Waals surface area contributed by atoms with Gasteiger partial charge in [0.2, 0.25) is 5.91 Å². The van der Waals surface area contributed by atoms with Gasteiger partial charge in [-0.05, 0) is 37.1 Å². The van der Waals surface area contributed by atoms with Gasteiger partial charge in [0, 0.05) is 5.56 Å². The van der Waals surface area contributed by atoms with E-state index in [9.17, 15) is 32.7 Å². The van der Waals surface area contributed by atoms with Gasteiger partial charge in [-0.2, -0.15) is 13.2 Å². The molecule has 1 aromatic carbocycles. The van der Waals surface area contributed by atoms with Crippen LogP contribution in [0.4, 0.5) is 13.2 Å². The van der Waals surface area contributed by atoms with Gasteiger partial charge in [-0.3, -0.25) is 9.59 Å². The van der Waals surface area contributed by atoms with Crippen LogP contribution in [-0.4, -0.2) is 35.0 Å². The Morgan fingerprint density at radius 2 is 1.62 bits per heavy atom. The van der Waals surface area contributed by atoms with Crippen molar-refractivity contribution in [3.05, 3.63) is 35.4 Å². The first-order valence-corrected chi connectivity index (χ1v) is 8.14. The zero-order chi connectivity index (χ0) is 19.4. The molecule has 0 heterocycles. The van der Waals surface area contributed by atoms with Gasteiger partial charge in [0.25, 0.3) is 5.91 Å². The monoisotopic (exact) mass is 372 g/mol. The molecule has 1 aromatic rings. The summed E-state index contributed by atoms with van der Waals surface area (Å²) < 4.78 is 37.5. The first-order chi connectivity index (χ1) is 12.1. The molecule has 9 heteroatoms. The molecule has 142 valence electrons. The highest BCUT2D eigenvalue weighted by Crippen LogP contribution is 2.29. The Hall–Kier alpha value is -2.58. The minimum absolute atomic E-state index is 0.0311. The van der Waals surface area contributed by atoms with Crippen LogP contribution in [0.2, 0.25) is 0 Å². The third-order valence-electron chi connectivity index (χ3n) is 4.38. The van der Waals surface area contributed by atoms with Gasteiger partial charge in [0.15, 0.2) is 0 Å². The van der Waals surface area contributed by atoms with Gasteiger partial charge >= 0.3 is 12.1 Å². The number of halogens is 3. The van der Waals surface area contributed by atoms with E-state index >= 15 is 0 Å². The van der Waals surface area contributed by atoms with E-state index in [1.165, 1.54) is 0 Å². The Morgan fingerprint density at radius 1 is 1.04 bits per heavy atom. The molecule has 1 fully saturated rings. The third kappa shape index (κ3) is 4.74. The Balaban J connectivity index is 1.92. The molecule has 1 saturated carbocycles. The largest absolute Gasteiger partial charge is 0.480 e. The quantitative estimate of drug-likeness (QED) is 0.739. The van der Waals surface area contributed by atoms with Crippen LogP contribution in [0.3, 0.4) is 0 Å². The number of benzene rings is 1. The van der Waals surface area contributed by atoms with E-state index in [-0.39, 0.29) is 5.56 Å². The lowest BCUT2D eigenvalue weighted by Crippen LogP contribution is -2.57. The van der Waals surface area contributed by atoms with Gasteiger partial charge in [-0.15, -0.1) is 0 Å². The second-order valence-corrected chi connectivity index (χ2v) is 6.25. The number of hydrogen-bond donors (Lipinski definition) is 3. The van der Waals surface area contributed by atoms with Crippen LogP contribution in [-0.2, 0) is 15.8 Å². The Bertz CT molecular complexity index is 680. The molecule has 0 bridgehead atoms. The number of carboxylic acids is 1. The van der Waals surface area contributed by atoms with E-state index in [0.29, 0.717) is 25.7 Å². The number of carboxylic acid groups (broad SMARTS) is 1. The summed E-state index contributed by atoms with van der Waals surface area (Å²) in [6, 6.07) is 3.57. The number of nitrogens with one attached hydrogen (secondary N) is 2. The molecule has 0 spiro atoms. The van der Waals surface area contributed by atoms with Crippen molar-refractivity contribution in [3.63, 3.8) is 0 Å². The third-order valence-corrected chi connectivity index (χ3v) is 4.38. The maximum absolute atomic E-state index is 12.5. The summed E-state index contributed by atoms with van der Waals surface area (Å²) in [5.74, 6) is -2.49. The number of amides is 2. The van der Waals surface area contributed by atoms with Crippen molar-refractivity contribution < 1.29 is 32.7 Å². The summed E-state index contributed by atoms with van der Waals surface area (Å²) in [5.41, 5.74) is -2.24. The van der Waals surface area contributed by atoms with E-state index in [1.807, 2.05) is 0 Å². The fourth-order valence-electron chi connectivity index (χ4n) is 2.93. The van der Waals surface area contributed by atoms with E-state index in [1.54, 1.807) is 0 Å². The molecular formula is C17H19F3N2O4. The number of rotatable bonds is 5. The van der Waals surface area contributed by atoms with Crippen LogP contribution < -0.4 is 10.6 Å². The summed E-state index contributed by atoms with van der Waals surface area (Å²) in [6.07, 6.45) is -1.59. The van der Waals surface area contributed by atoms with Crippen LogP contribution in [0.25, 0.3) is 0 Å². The molecule has 6 nitrogen and oxygen atoms in total. The lowest BCUT2D eigenvalue weighted by atomic mass is 9.81. The van der Waals surface area contributed by atoms with Gasteiger partial charge < -0.3 is 15.7 Å². The Morgan fingerprint density at radius 3 is 2.12 bits per heavy atom. The van der Waals surface area contributed by atoms with Crippen LogP contribution in [0, 0.1) is 0 Å². The molecule has 0 aromatic heterocycles. The molecule has 0 unspecified atom stereocenters. The zero-order valence-corrected chi connectivity index (χ0v) is 13.9. The second-order valence-electron chi connectivity index (χ2n) is 6.25. The van der Waals surface area contributed by atoms with Gasteiger partial charge in [-0.25, -0.2) is 4.79 Å². The molecule has 2 amide bonds. The standard InChI is InChI=1S/C17H19F3N2O4/c18-17(19,20)12-6-4-11(5-7-12)14(24)21-10-13(23)22-16(15(25)26)8-2-1-3-9-16/h4-7H,1-3,8-10H2,(H,21,24)(H,22,23)(H,25,26). The normalized spacial score (nSPS) is 16.6. The second kappa shape index (κ2) is 7.76. The highest BCUT2D eigenvalue weighted by molar-refractivity contribution is 5.97. The summed E-state index contributed by atoms with van der Waals surface area (Å²) in [7, 11) is 0. The predicted octanol–water partition coefficient (Wildman–Crippen LogP) is 2.34. The topological polar surface area (TPSA) is 95.5 Å². The van der Waals surface area contributed by atoms with Crippen molar-refractivity contribution in [1.29, 1.82) is 0 Å². The predicted molar refractivity (Wildman–Crippen MR) is 85.4 cm³/mol. The molecule has 26 heavy (non-hydrogen) atoms. The van der Waals surface area contributed by atoms with Crippen molar-refractivity contribution >= 4 is 17.8 Å². The molecule has 1 aliphatic rings. The van der Waals surface area contributed by atoms with Gasteiger partial charge in [0.05, 0.1) is 12.1 Å². The van der Waals surface area contributed by atoms with Crippen molar-refractivity contribution in [3.8, 4) is 0 Å². The van der Waals surface area contributed by atoms with E-state index in [4.69, 9.17) is 0 Å². The summed E-state index contributed by atoms with van der Waals surface area (Å²) in [5, 5.41) is 14.1. The fraction of sp³-hybridized carbons (Fsp3) is 0.471. The molecule has 2 rings (SSSR count). The first kappa shape index (κ1) is 19.7. The van der Waals surface area contributed by atoms with Crippen molar-refractivity contribution in [2.24, 2.45) is 0 Å². The lowest BCUT2D eigenvalue weighted by molar-refractivity contribution is -0.149. The number of alkyl halides is 3. The summed E-state index contributed by atoms with van der Waals surface area (Å²) in [6.45, 7) is -0.463. The molecule has 3 N–H and O–H groups in total. The van der Waals surface area contributed by atoms with Crippen molar-refractivity contribution in [2.75, 3.05) is 6.54 Å².